The number of aryl methyl sites for hydroxylation is 1. The number of rotatable bonds is 5. The number of aromatic nitrogens is 3. The Morgan fingerprint density at radius 2 is 1.93 bits per heavy atom. The van der Waals surface area contributed by atoms with Gasteiger partial charge in [0.15, 0.2) is 10.6 Å². The highest BCUT2D eigenvalue weighted by atomic mass is 32.1. The fourth-order valence-electron chi connectivity index (χ4n) is 3.40. The largest absolute Gasteiger partial charge is 0.339 e. The van der Waals surface area contributed by atoms with E-state index >= 15 is 0 Å². The first-order valence-electron chi connectivity index (χ1n) is 9.35. The van der Waals surface area contributed by atoms with Gasteiger partial charge < -0.3 is 4.90 Å². The Morgan fingerprint density at radius 3 is 2.61 bits per heavy atom. The molecule has 0 radical (unpaired) electrons. The van der Waals surface area contributed by atoms with E-state index in [1.165, 1.54) is 10.4 Å². The van der Waals surface area contributed by atoms with Crippen molar-refractivity contribution in [3.8, 4) is 11.4 Å². The van der Waals surface area contributed by atoms with Crippen molar-refractivity contribution in [3.05, 3.63) is 57.0 Å². The Balaban J connectivity index is 1.40. The second-order valence-electron chi connectivity index (χ2n) is 7.04. The normalized spacial score (nSPS) is 15.1. The molecule has 2 aromatic heterocycles. The lowest BCUT2D eigenvalue weighted by Crippen LogP contribution is -2.49. The molecule has 1 N–H and O–H groups in total. The summed E-state index contributed by atoms with van der Waals surface area (Å²) >= 11 is 7.15. The number of carbonyl (C=O) groups is 1. The van der Waals surface area contributed by atoms with Gasteiger partial charge in [0.1, 0.15) is 6.54 Å². The average Bonchev–Trinajstić information content (AvgIpc) is 3.34. The van der Waals surface area contributed by atoms with E-state index in [2.05, 4.69) is 32.6 Å². The predicted octanol–water partition coefficient (Wildman–Crippen LogP) is 3.32. The second-order valence-corrected chi connectivity index (χ2v) is 8.46. The third-order valence-electron chi connectivity index (χ3n) is 5.05. The predicted molar refractivity (Wildman–Crippen MR) is 114 cm³/mol. The van der Waals surface area contributed by atoms with Crippen LogP contribution in [0.25, 0.3) is 11.4 Å². The van der Waals surface area contributed by atoms with Gasteiger partial charge in [-0.3, -0.25) is 19.4 Å². The van der Waals surface area contributed by atoms with Crippen LogP contribution in [0.5, 0.6) is 0 Å². The van der Waals surface area contributed by atoms with Gasteiger partial charge in [-0.15, -0.1) is 11.3 Å². The number of hydrogen-bond acceptors (Lipinski definition) is 5. The van der Waals surface area contributed by atoms with Crippen LogP contribution in [0.4, 0.5) is 0 Å². The molecule has 1 fully saturated rings. The molecule has 28 heavy (non-hydrogen) atoms. The number of thiophene rings is 1. The molecule has 4 rings (SSSR count). The van der Waals surface area contributed by atoms with E-state index in [0.717, 1.165) is 38.3 Å². The highest BCUT2D eigenvalue weighted by molar-refractivity contribution is 7.71. The molecule has 6 nitrogen and oxygen atoms in total. The summed E-state index contributed by atoms with van der Waals surface area (Å²) < 4.78 is 2.26. The van der Waals surface area contributed by atoms with Crippen molar-refractivity contribution in [1.29, 1.82) is 0 Å². The summed E-state index contributed by atoms with van der Waals surface area (Å²) in [4.78, 5) is 18.6. The molecule has 0 aliphatic carbocycles. The van der Waals surface area contributed by atoms with Gasteiger partial charge in [0, 0.05) is 43.2 Å². The first kappa shape index (κ1) is 19.0. The minimum atomic E-state index is 0.0848. The molecule has 1 aromatic carbocycles. The zero-order chi connectivity index (χ0) is 19.5. The smallest absolute Gasteiger partial charge is 0.242 e. The van der Waals surface area contributed by atoms with Crippen LogP contribution in [-0.4, -0.2) is 56.7 Å². The summed E-state index contributed by atoms with van der Waals surface area (Å²) in [5.41, 5.74) is 2.13. The average molecular weight is 414 g/mol. The molecule has 3 heterocycles. The molecular formula is C20H23N5OS2. The van der Waals surface area contributed by atoms with Crippen LogP contribution >= 0.6 is 23.6 Å². The first-order chi connectivity index (χ1) is 13.6. The van der Waals surface area contributed by atoms with Crippen LogP contribution < -0.4 is 0 Å². The minimum absolute atomic E-state index is 0.0848. The van der Waals surface area contributed by atoms with Gasteiger partial charge in [0.05, 0.1) is 0 Å². The number of amides is 1. The van der Waals surface area contributed by atoms with Gasteiger partial charge >= 0.3 is 0 Å². The van der Waals surface area contributed by atoms with E-state index in [1.807, 2.05) is 36.1 Å². The van der Waals surface area contributed by atoms with E-state index in [0.29, 0.717) is 10.6 Å². The van der Waals surface area contributed by atoms with Gasteiger partial charge in [-0.25, -0.2) is 0 Å². The molecule has 0 atom stereocenters. The Hall–Kier alpha value is -2.29. The van der Waals surface area contributed by atoms with E-state index in [4.69, 9.17) is 12.2 Å². The maximum atomic E-state index is 12.9. The molecular weight excluding hydrogens is 390 g/mol. The fourth-order valence-corrected chi connectivity index (χ4v) is 4.34. The maximum absolute atomic E-state index is 12.9. The van der Waals surface area contributed by atoms with Crippen molar-refractivity contribution in [2.45, 2.75) is 20.0 Å². The van der Waals surface area contributed by atoms with Crippen molar-refractivity contribution in [2.75, 3.05) is 26.2 Å². The van der Waals surface area contributed by atoms with E-state index in [-0.39, 0.29) is 12.5 Å². The van der Waals surface area contributed by atoms with E-state index in [9.17, 15) is 4.79 Å². The Labute approximate surface area is 173 Å². The first-order valence-corrected chi connectivity index (χ1v) is 10.6. The maximum Gasteiger partial charge on any atom is 0.242 e. The van der Waals surface area contributed by atoms with Crippen molar-refractivity contribution in [1.82, 2.24) is 24.6 Å². The van der Waals surface area contributed by atoms with Crippen molar-refractivity contribution in [3.63, 3.8) is 0 Å². The second kappa shape index (κ2) is 8.38. The fraction of sp³-hybridized carbons (Fsp3) is 0.350. The lowest BCUT2D eigenvalue weighted by Gasteiger charge is -2.34. The highest BCUT2D eigenvalue weighted by Gasteiger charge is 2.23. The molecule has 1 saturated heterocycles. The topological polar surface area (TPSA) is 57.2 Å². The number of H-pyrrole nitrogens is 1. The number of nitrogens with one attached hydrogen (secondary N) is 1. The van der Waals surface area contributed by atoms with Crippen LogP contribution in [-0.2, 0) is 17.9 Å². The summed E-state index contributed by atoms with van der Waals surface area (Å²) in [6.07, 6.45) is 0. The van der Waals surface area contributed by atoms with Crippen LogP contribution in [0, 0.1) is 11.7 Å². The molecule has 8 heteroatoms. The quantitative estimate of drug-likeness (QED) is 0.652. The van der Waals surface area contributed by atoms with Crippen molar-refractivity contribution in [2.24, 2.45) is 0 Å². The number of piperazine rings is 1. The summed E-state index contributed by atoms with van der Waals surface area (Å²) in [5, 5.41) is 9.27. The summed E-state index contributed by atoms with van der Waals surface area (Å²) in [7, 11) is 0. The van der Waals surface area contributed by atoms with Gasteiger partial charge in [-0.1, -0.05) is 35.9 Å². The molecule has 3 aromatic rings. The number of aromatic amines is 1. The molecule has 1 aliphatic rings. The molecule has 146 valence electrons. The van der Waals surface area contributed by atoms with Crippen LogP contribution in [0.15, 0.2) is 41.8 Å². The lowest BCUT2D eigenvalue weighted by atomic mass is 10.1. The molecule has 1 aliphatic heterocycles. The van der Waals surface area contributed by atoms with Crippen LogP contribution in [0.1, 0.15) is 10.4 Å². The summed E-state index contributed by atoms with van der Waals surface area (Å²) in [6, 6.07) is 12.3. The zero-order valence-electron chi connectivity index (χ0n) is 15.8. The van der Waals surface area contributed by atoms with Crippen molar-refractivity contribution >= 4 is 29.5 Å². The van der Waals surface area contributed by atoms with E-state index < -0.39 is 0 Å². The van der Waals surface area contributed by atoms with Gasteiger partial charge in [-0.2, -0.15) is 5.10 Å². The van der Waals surface area contributed by atoms with E-state index in [1.54, 1.807) is 15.9 Å². The highest BCUT2D eigenvalue weighted by Crippen LogP contribution is 2.19. The Kier molecular flexibility index (Phi) is 5.70. The lowest BCUT2D eigenvalue weighted by molar-refractivity contribution is -0.133. The number of carbonyl (C=O) groups excluding carboxylic acids is 1. The monoisotopic (exact) mass is 413 g/mol. The number of nitrogens with zero attached hydrogens (tertiary/aromatic N) is 4. The zero-order valence-corrected chi connectivity index (χ0v) is 17.4. The molecule has 0 unspecified atom stereocenters. The number of hydrogen-bond donors (Lipinski definition) is 1. The molecule has 1 amide bonds. The van der Waals surface area contributed by atoms with Crippen molar-refractivity contribution < 1.29 is 4.79 Å². The third kappa shape index (κ3) is 4.24. The van der Waals surface area contributed by atoms with Gasteiger partial charge in [0.2, 0.25) is 5.91 Å². The number of benzene rings is 1. The minimum Gasteiger partial charge on any atom is -0.339 e. The standard InChI is InChI=1S/C20H23N5OS2/c1-15-4-6-16(7-5-15)19-21-22-20(27)25(19)14-18(26)24-10-8-23(9-11-24)13-17-3-2-12-28-17/h2-7,12H,8-11,13-14H2,1H3,(H,22,27). The van der Waals surface area contributed by atoms with Crippen LogP contribution in [0.3, 0.4) is 0 Å². The summed E-state index contributed by atoms with van der Waals surface area (Å²) in [5.74, 6) is 0.788. The summed E-state index contributed by atoms with van der Waals surface area (Å²) in [6.45, 7) is 6.50. The molecule has 0 spiro atoms. The SMILES string of the molecule is Cc1ccc(-c2n[nH]c(=S)n2CC(=O)N2CCN(Cc3cccs3)CC2)cc1. The van der Waals surface area contributed by atoms with Crippen LogP contribution in [0.2, 0.25) is 0 Å². The van der Waals surface area contributed by atoms with Gasteiger partial charge in [-0.05, 0) is 30.6 Å². The Morgan fingerprint density at radius 1 is 1.18 bits per heavy atom. The molecule has 0 saturated carbocycles. The van der Waals surface area contributed by atoms with Gasteiger partial charge in [0.25, 0.3) is 0 Å². The third-order valence-corrected chi connectivity index (χ3v) is 6.22. The molecule has 0 bridgehead atoms. The Bertz CT molecular complexity index is 983.